The first kappa shape index (κ1) is 18.6. The molecule has 0 radical (unpaired) electrons. The van der Waals surface area contributed by atoms with Crippen LogP contribution in [0.15, 0.2) is 28.8 Å². The quantitative estimate of drug-likeness (QED) is 0.744. The number of piperidine rings is 1. The van der Waals surface area contributed by atoms with Crippen LogP contribution in [0.1, 0.15) is 63.3 Å². The third-order valence-electron chi connectivity index (χ3n) is 5.92. The van der Waals surface area contributed by atoms with Crippen molar-refractivity contribution < 1.29 is 9.26 Å². The SMILES string of the molecule is CCc1ccc(-c2noc(CN3CCC(OC4CCCCC4)CC3)n2)cc1. The molecule has 1 saturated carbocycles. The molecule has 0 N–H and O–H groups in total. The van der Waals surface area contributed by atoms with Crippen molar-refractivity contribution in [3.05, 3.63) is 35.7 Å². The van der Waals surface area contributed by atoms with Crippen molar-refractivity contribution in [2.45, 2.75) is 77.0 Å². The number of rotatable bonds is 6. The average Bonchev–Trinajstić information content (AvgIpc) is 3.19. The van der Waals surface area contributed by atoms with Crippen LogP contribution in [0.4, 0.5) is 0 Å². The van der Waals surface area contributed by atoms with Gasteiger partial charge in [0.15, 0.2) is 0 Å². The lowest BCUT2D eigenvalue weighted by atomic mass is 9.97. The molecule has 0 amide bonds. The fraction of sp³-hybridized carbons (Fsp3) is 0.636. The zero-order valence-corrected chi connectivity index (χ0v) is 16.4. The predicted octanol–water partition coefficient (Wildman–Crippen LogP) is 4.61. The van der Waals surface area contributed by atoms with Gasteiger partial charge in [-0.2, -0.15) is 4.98 Å². The molecule has 0 unspecified atom stereocenters. The molecule has 2 fully saturated rings. The zero-order chi connectivity index (χ0) is 18.5. The van der Waals surface area contributed by atoms with E-state index in [1.807, 2.05) is 0 Å². The lowest BCUT2D eigenvalue weighted by Gasteiger charge is -2.34. The number of nitrogens with zero attached hydrogens (tertiary/aromatic N) is 3. The van der Waals surface area contributed by atoms with Crippen molar-refractivity contribution in [1.29, 1.82) is 0 Å². The lowest BCUT2D eigenvalue weighted by Crippen LogP contribution is -2.38. The maximum absolute atomic E-state index is 6.33. The van der Waals surface area contributed by atoms with Crippen LogP contribution in [0.5, 0.6) is 0 Å². The summed E-state index contributed by atoms with van der Waals surface area (Å²) in [5.74, 6) is 1.39. The second kappa shape index (κ2) is 8.98. The van der Waals surface area contributed by atoms with Gasteiger partial charge >= 0.3 is 0 Å². The number of aromatic nitrogens is 2. The van der Waals surface area contributed by atoms with E-state index in [4.69, 9.17) is 9.26 Å². The van der Waals surface area contributed by atoms with Gasteiger partial charge in [-0.25, -0.2) is 0 Å². The van der Waals surface area contributed by atoms with Gasteiger partial charge in [-0.05, 0) is 37.7 Å². The number of likely N-dealkylation sites (tertiary alicyclic amines) is 1. The Bertz CT molecular complexity index is 699. The highest BCUT2D eigenvalue weighted by Gasteiger charge is 2.25. The maximum atomic E-state index is 6.33. The first-order valence-electron chi connectivity index (χ1n) is 10.6. The van der Waals surface area contributed by atoms with Gasteiger partial charge in [0.25, 0.3) is 0 Å². The average molecular weight is 370 g/mol. The summed E-state index contributed by atoms with van der Waals surface area (Å²) in [5.41, 5.74) is 2.34. The molecule has 1 aliphatic heterocycles. The van der Waals surface area contributed by atoms with Gasteiger partial charge in [0.2, 0.25) is 11.7 Å². The Labute approximate surface area is 162 Å². The van der Waals surface area contributed by atoms with Crippen molar-refractivity contribution in [2.24, 2.45) is 0 Å². The predicted molar refractivity (Wildman–Crippen MR) is 105 cm³/mol. The topological polar surface area (TPSA) is 51.4 Å². The van der Waals surface area contributed by atoms with Gasteiger partial charge in [-0.1, -0.05) is 55.6 Å². The fourth-order valence-electron chi connectivity index (χ4n) is 4.19. The summed E-state index contributed by atoms with van der Waals surface area (Å²) in [6.45, 7) is 4.97. The van der Waals surface area contributed by atoms with Crippen molar-refractivity contribution in [3.8, 4) is 11.4 Å². The second-order valence-electron chi connectivity index (χ2n) is 7.93. The van der Waals surface area contributed by atoms with Crippen LogP contribution in [0.3, 0.4) is 0 Å². The van der Waals surface area contributed by atoms with Crippen LogP contribution in [-0.4, -0.2) is 40.3 Å². The van der Waals surface area contributed by atoms with Crippen LogP contribution < -0.4 is 0 Å². The highest BCUT2D eigenvalue weighted by molar-refractivity contribution is 5.54. The first-order valence-corrected chi connectivity index (χ1v) is 10.6. The molecule has 2 aliphatic rings. The van der Waals surface area contributed by atoms with E-state index in [1.165, 1.54) is 37.7 Å². The van der Waals surface area contributed by atoms with Crippen LogP contribution in [0, 0.1) is 0 Å². The molecule has 0 spiro atoms. The number of aryl methyl sites for hydroxylation is 1. The van der Waals surface area contributed by atoms with Gasteiger partial charge < -0.3 is 9.26 Å². The molecule has 5 nitrogen and oxygen atoms in total. The van der Waals surface area contributed by atoms with Gasteiger partial charge in [0.1, 0.15) is 0 Å². The summed E-state index contributed by atoms with van der Waals surface area (Å²) in [4.78, 5) is 6.99. The first-order chi connectivity index (χ1) is 13.3. The summed E-state index contributed by atoms with van der Waals surface area (Å²) in [6.07, 6.45) is 10.8. The second-order valence-corrected chi connectivity index (χ2v) is 7.93. The minimum absolute atomic E-state index is 0.430. The minimum Gasteiger partial charge on any atom is -0.375 e. The van der Waals surface area contributed by atoms with E-state index in [9.17, 15) is 0 Å². The van der Waals surface area contributed by atoms with Crippen LogP contribution >= 0.6 is 0 Å². The summed E-state index contributed by atoms with van der Waals surface area (Å²) < 4.78 is 11.8. The van der Waals surface area contributed by atoms with Gasteiger partial charge in [-0.3, -0.25) is 4.90 Å². The van der Waals surface area contributed by atoms with E-state index < -0.39 is 0 Å². The molecule has 4 rings (SSSR count). The standard InChI is InChI=1S/C22H31N3O2/c1-2-17-8-10-18(11-9-17)22-23-21(27-24-22)16-25-14-12-20(13-15-25)26-19-6-4-3-5-7-19/h8-11,19-20H,2-7,12-16H2,1H3. The molecule has 146 valence electrons. The normalized spacial score (nSPS) is 20.2. The zero-order valence-electron chi connectivity index (χ0n) is 16.4. The van der Waals surface area contributed by atoms with E-state index in [1.54, 1.807) is 0 Å². The number of benzene rings is 1. The summed E-state index contributed by atoms with van der Waals surface area (Å²) in [6, 6.07) is 8.40. The molecule has 1 aromatic heterocycles. The Morgan fingerprint density at radius 3 is 2.41 bits per heavy atom. The van der Waals surface area contributed by atoms with E-state index in [-0.39, 0.29) is 0 Å². The summed E-state index contributed by atoms with van der Waals surface area (Å²) in [5, 5.41) is 4.16. The van der Waals surface area contributed by atoms with E-state index in [0.29, 0.717) is 23.9 Å². The number of ether oxygens (including phenoxy) is 1. The number of hydrogen-bond donors (Lipinski definition) is 0. The largest absolute Gasteiger partial charge is 0.375 e. The third kappa shape index (κ3) is 4.96. The van der Waals surface area contributed by atoms with Crippen LogP contribution in [-0.2, 0) is 17.7 Å². The number of hydrogen-bond acceptors (Lipinski definition) is 5. The van der Waals surface area contributed by atoms with Gasteiger partial charge in [-0.15, -0.1) is 0 Å². The Hall–Kier alpha value is -1.72. The molecule has 2 heterocycles. The molecule has 1 aliphatic carbocycles. The Kier molecular flexibility index (Phi) is 6.20. The summed E-state index contributed by atoms with van der Waals surface area (Å²) >= 11 is 0. The molecule has 27 heavy (non-hydrogen) atoms. The van der Waals surface area contributed by atoms with Gasteiger partial charge in [0.05, 0.1) is 18.8 Å². The Morgan fingerprint density at radius 1 is 1.00 bits per heavy atom. The van der Waals surface area contributed by atoms with E-state index in [0.717, 1.165) is 44.5 Å². The van der Waals surface area contributed by atoms with Crippen LogP contribution in [0.25, 0.3) is 11.4 Å². The van der Waals surface area contributed by atoms with Crippen molar-refractivity contribution in [3.63, 3.8) is 0 Å². The molecule has 2 aromatic rings. The maximum Gasteiger partial charge on any atom is 0.241 e. The third-order valence-corrected chi connectivity index (χ3v) is 5.92. The molecule has 1 saturated heterocycles. The monoisotopic (exact) mass is 369 g/mol. The van der Waals surface area contributed by atoms with Crippen molar-refractivity contribution >= 4 is 0 Å². The highest BCUT2D eigenvalue weighted by Crippen LogP contribution is 2.25. The molecule has 1 aromatic carbocycles. The van der Waals surface area contributed by atoms with E-state index >= 15 is 0 Å². The smallest absolute Gasteiger partial charge is 0.241 e. The van der Waals surface area contributed by atoms with Crippen molar-refractivity contribution in [2.75, 3.05) is 13.1 Å². The molecular weight excluding hydrogens is 338 g/mol. The van der Waals surface area contributed by atoms with E-state index in [2.05, 4.69) is 46.2 Å². The highest BCUT2D eigenvalue weighted by atomic mass is 16.5. The minimum atomic E-state index is 0.430. The fourth-order valence-corrected chi connectivity index (χ4v) is 4.19. The summed E-state index contributed by atoms with van der Waals surface area (Å²) in [7, 11) is 0. The molecule has 0 atom stereocenters. The Balaban J connectivity index is 1.26. The van der Waals surface area contributed by atoms with Gasteiger partial charge in [0, 0.05) is 18.7 Å². The van der Waals surface area contributed by atoms with Crippen LogP contribution in [0.2, 0.25) is 0 Å². The Morgan fingerprint density at radius 2 is 1.70 bits per heavy atom. The lowest BCUT2D eigenvalue weighted by molar-refractivity contribution is -0.0573. The molecule has 5 heteroatoms. The van der Waals surface area contributed by atoms with Crippen molar-refractivity contribution in [1.82, 2.24) is 15.0 Å². The molecular formula is C22H31N3O2. The molecule has 0 bridgehead atoms.